The Hall–Kier alpha value is -1.71. The van der Waals surface area contributed by atoms with Crippen molar-refractivity contribution < 1.29 is 17.6 Å². The number of benzene rings is 1. The van der Waals surface area contributed by atoms with Crippen molar-refractivity contribution >= 4 is 21.6 Å². The first-order valence-corrected chi connectivity index (χ1v) is 9.23. The molecule has 2 rings (SSSR count). The van der Waals surface area contributed by atoms with E-state index in [1.807, 2.05) is 0 Å². The van der Waals surface area contributed by atoms with Crippen molar-refractivity contribution in [2.75, 3.05) is 50.2 Å². The van der Waals surface area contributed by atoms with Crippen molar-refractivity contribution in [3.05, 3.63) is 29.6 Å². The van der Waals surface area contributed by atoms with Gasteiger partial charge in [0.15, 0.2) is 0 Å². The number of hydrogen-bond acceptors (Lipinski definition) is 5. The highest BCUT2D eigenvalue weighted by Gasteiger charge is 2.16. The molecule has 1 saturated heterocycles. The number of carbonyl (C=O) groups excluding carboxylic acids is 1. The predicted molar refractivity (Wildman–Crippen MR) is 86.5 cm³/mol. The first kappa shape index (κ1) is 17.6. The average Bonchev–Trinajstić information content (AvgIpc) is 2.49. The van der Waals surface area contributed by atoms with Crippen LogP contribution in [0.4, 0.5) is 10.1 Å². The van der Waals surface area contributed by atoms with E-state index in [0.717, 1.165) is 44.6 Å². The molecule has 3 N–H and O–H groups in total. The number of nitrogens with zero attached hydrogens (tertiary/aromatic N) is 1. The van der Waals surface area contributed by atoms with Gasteiger partial charge in [-0.1, -0.05) is 0 Å². The lowest BCUT2D eigenvalue weighted by atomic mass is 10.1. The predicted octanol–water partition coefficient (Wildman–Crippen LogP) is -0.168. The van der Waals surface area contributed by atoms with Crippen molar-refractivity contribution in [3.8, 4) is 0 Å². The lowest BCUT2D eigenvalue weighted by molar-refractivity contribution is 0.0947. The monoisotopic (exact) mass is 344 g/mol. The van der Waals surface area contributed by atoms with Gasteiger partial charge in [0.05, 0.1) is 17.5 Å². The fourth-order valence-corrected chi connectivity index (χ4v) is 2.93. The van der Waals surface area contributed by atoms with Crippen LogP contribution in [0, 0.1) is 5.82 Å². The van der Waals surface area contributed by atoms with Crippen LogP contribution in [-0.4, -0.2) is 64.7 Å². The Kier molecular flexibility index (Phi) is 5.91. The summed E-state index contributed by atoms with van der Waals surface area (Å²) in [5.74, 6) is -1.11. The number of sulfonamides is 1. The number of halogens is 1. The maximum absolute atomic E-state index is 13.4. The largest absolute Gasteiger partial charge is 0.351 e. The summed E-state index contributed by atoms with van der Waals surface area (Å²) in [4.78, 5) is 14.4. The summed E-state index contributed by atoms with van der Waals surface area (Å²) in [6, 6.07) is 3.36. The van der Waals surface area contributed by atoms with Crippen LogP contribution in [0.25, 0.3) is 0 Å². The van der Waals surface area contributed by atoms with Crippen LogP contribution in [-0.2, 0) is 10.0 Å². The Balaban J connectivity index is 1.98. The second kappa shape index (κ2) is 7.71. The van der Waals surface area contributed by atoms with Gasteiger partial charge >= 0.3 is 0 Å². The van der Waals surface area contributed by atoms with E-state index in [-0.39, 0.29) is 11.3 Å². The summed E-state index contributed by atoms with van der Waals surface area (Å²) < 4.78 is 38.3. The Morgan fingerprint density at radius 3 is 2.70 bits per heavy atom. The zero-order valence-corrected chi connectivity index (χ0v) is 13.7. The number of carbonyl (C=O) groups is 1. The molecule has 0 aromatic heterocycles. The number of nitrogens with one attached hydrogen (secondary N) is 3. The van der Waals surface area contributed by atoms with Gasteiger partial charge in [-0.2, -0.15) is 0 Å². The van der Waals surface area contributed by atoms with Gasteiger partial charge in [0, 0.05) is 39.3 Å². The minimum Gasteiger partial charge on any atom is -0.351 e. The van der Waals surface area contributed by atoms with Gasteiger partial charge in [0.2, 0.25) is 10.0 Å². The number of amides is 1. The fraction of sp³-hybridized carbons (Fsp3) is 0.500. The molecule has 1 aliphatic rings. The molecule has 1 amide bonds. The maximum Gasteiger partial charge on any atom is 0.253 e. The van der Waals surface area contributed by atoms with Gasteiger partial charge in [-0.3, -0.25) is 14.4 Å². The SMILES string of the molecule is CS(=O)(=O)Nc1ccc(F)cc1C(=O)NCCN1CCNCC1. The first-order chi connectivity index (χ1) is 10.8. The Labute approximate surface area is 135 Å². The van der Waals surface area contributed by atoms with Crippen LogP contribution in [0.5, 0.6) is 0 Å². The van der Waals surface area contributed by atoms with E-state index in [4.69, 9.17) is 0 Å². The fourth-order valence-electron chi connectivity index (χ4n) is 2.35. The van der Waals surface area contributed by atoms with Crippen molar-refractivity contribution in [2.24, 2.45) is 0 Å². The number of piperazine rings is 1. The van der Waals surface area contributed by atoms with E-state index in [9.17, 15) is 17.6 Å². The zero-order chi connectivity index (χ0) is 16.9. The molecule has 0 spiro atoms. The molecule has 0 aliphatic carbocycles. The number of anilines is 1. The summed E-state index contributed by atoms with van der Waals surface area (Å²) in [5, 5.41) is 5.94. The Morgan fingerprint density at radius 1 is 1.35 bits per heavy atom. The third-order valence-corrected chi connectivity index (χ3v) is 4.04. The molecule has 0 unspecified atom stereocenters. The molecule has 128 valence electrons. The summed E-state index contributed by atoms with van der Waals surface area (Å²) in [5.41, 5.74) is 0.0318. The van der Waals surface area contributed by atoms with E-state index in [1.165, 1.54) is 6.07 Å². The van der Waals surface area contributed by atoms with Gasteiger partial charge in [-0.15, -0.1) is 0 Å². The summed E-state index contributed by atoms with van der Waals surface area (Å²) in [6.07, 6.45) is 0.975. The molecule has 9 heteroatoms. The van der Waals surface area contributed by atoms with Crippen molar-refractivity contribution in [1.29, 1.82) is 0 Å². The highest BCUT2D eigenvalue weighted by molar-refractivity contribution is 7.92. The van der Waals surface area contributed by atoms with Crippen LogP contribution in [0.15, 0.2) is 18.2 Å². The molecule has 0 bridgehead atoms. The average molecular weight is 344 g/mol. The van der Waals surface area contributed by atoms with Gasteiger partial charge in [0.25, 0.3) is 5.91 Å². The smallest absolute Gasteiger partial charge is 0.253 e. The highest BCUT2D eigenvalue weighted by Crippen LogP contribution is 2.18. The summed E-state index contributed by atoms with van der Waals surface area (Å²) >= 11 is 0. The quantitative estimate of drug-likeness (QED) is 0.667. The second-order valence-electron chi connectivity index (χ2n) is 5.41. The van der Waals surface area contributed by atoms with E-state index < -0.39 is 21.7 Å². The van der Waals surface area contributed by atoms with Gasteiger partial charge in [0.1, 0.15) is 5.82 Å². The van der Waals surface area contributed by atoms with Gasteiger partial charge in [-0.05, 0) is 18.2 Å². The molecule has 0 saturated carbocycles. The number of rotatable bonds is 6. The molecule has 1 aromatic carbocycles. The van der Waals surface area contributed by atoms with Crippen molar-refractivity contribution in [1.82, 2.24) is 15.5 Å². The van der Waals surface area contributed by atoms with E-state index in [0.29, 0.717) is 13.1 Å². The Bertz CT molecular complexity index is 660. The van der Waals surface area contributed by atoms with Crippen LogP contribution >= 0.6 is 0 Å². The summed E-state index contributed by atoms with van der Waals surface area (Å²) in [6.45, 7) is 4.76. The zero-order valence-electron chi connectivity index (χ0n) is 12.9. The van der Waals surface area contributed by atoms with Crippen LogP contribution in [0.2, 0.25) is 0 Å². The van der Waals surface area contributed by atoms with Gasteiger partial charge < -0.3 is 10.6 Å². The van der Waals surface area contributed by atoms with E-state index in [1.54, 1.807) is 0 Å². The van der Waals surface area contributed by atoms with E-state index >= 15 is 0 Å². The standard InChI is InChI=1S/C14H21FN4O3S/c1-23(21,22)18-13-3-2-11(15)10-12(13)14(20)17-6-9-19-7-4-16-5-8-19/h2-3,10,16,18H,4-9H2,1H3,(H,17,20). The Morgan fingerprint density at radius 2 is 2.04 bits per heavy atom. The minimum atomic E-state index is -3.55. The van der Waals surface area contributed by atoms with Crippen molar-refractivity contribution in [2.45, 2.75) is 0 Å². The van der Waals surface area contributed by atoms with Gasteiger partial charge in [-0.25, -0.2) is 12.8 Å². The molecule has 1 aromatic rings. The molecule has 1 fully saturated rings. The third-order valence-electron chi connectivity index (χ3n) is 3.44. The van der Waals surface area contributed by atoms with Crippen molar-refractivity contribution in [3.63, 3.8) is 0 Å². The molecule has 0 radical (unpaired) electrons. The lowest BCUT2D eigenvalue weighted by Crippen LogP contribution is -2.46. The maximum atomic E-state index is 13.4. The topological polar surface area (TPSA) is 90.5 Å². The van der Waals surface area contributed by atoms with Crippen LogP contribution < -0.4 is 15.4 Å². The molecular weight excluding hydrogens is 323 g/mol. The lowest BCUT2D eigenvalue weighted by Gasteiger charge is -2.27. The van der Waals surface area contributed by atoms with E-state index in [2.05, 4.69) is 20.3 Å². The molecular formula is C14H21FN4O3S. The third kappa shape index (κ3) is 5.77. The number of hydrogen-bond donors (Lipinski definition) is 3. The minimum absolute atomic E-state index is 0.0317. The van der Waals surface area contributed by atoms with Crippen LogP contribution in [0.3, 0.4) is 0 Å². The molecule has 1 heterocycles. The summed E-state index contributed by atoms with van der Waals surface area (Å²) in [7, 11) is -3.55. The van der Waals surface area contributed by atoms with Crippen LogP contribution in [0.1, 0.15) is 10.4 Å². The molecule has 1 aliphatic heterocycles. The molecule has 23 heavy (non-hydrogen) atoms. The highest BCUT2D eigenvalue weighted by atomic mass is 32.2. The second-order valence-corrected chi connectivity index (χ2v) is 7.16. The molecule has 0 atom stereocenters. The molecule has 7 nitrogen and oxygen atoms in total. The first-order valence-electron chi connectivity index (χ1n) is 7.34. The normalized spacial score (nSPS) is 16.1.